The molecule has 1 aromatic carbocycles. The molecular formula is C17H20N4OS. The lowest BCUT2D eigenvalue weighted by Gasteiger charge is -2.10. The SMILES string of the molecule is CCC(C)Sc1nc2c(cnn2-c2cccc(C)c2C)c(=O)[nH]1. The Morgan fingerprint density at radius 1 is 1.35 bits per heavy atom. The molecule has 0 amide bonds. The first-order valence-corrected chi connectivity index (χ1v) is 8.60. The molecule has 3 aromatic rings. The van der Waals surface area contributed by atoms with Gasteiger partial charge in [-0.3, -0.25) is 4.79 Å². The normalized spacial score (nSPS) is 12.7. The minimum absolute atomic E-state index is 0.141. The van der Waals surface area contributed by atoms with E-state index in [-0.39, 0.29) is 5.56 Å². The number of hydrogen-bond donors (Lipinski definition) is 1. The van der Waals surface area contributed by atoms with Gasteiger partial charge in [0.1, 0.15) is 5.39 Å². The van der Waals surface area contributed by atoms with Crippen LogP contribution >= 0.6 is 11.8 Å². The molecule has 120 valence electrons. The predicted molar refractivity (Wildman–Crippen MR) is 94.6 cm³/mol. The van der Waals surface area contributed by atoms with Gasteiger partial charge in [0.2, 0.25) is 0 Å². The van der Waals surface area contributed by atoms with Crippen molar-refractivity contribution in [2.45, 2.75) is 44.5 Å². The molecule has 3 rings (SSSR count). The smallest absolute Gasteiger partial charge is 0.262 e. The van der Waals surface area contributed by atoms with Gasteiger partial charge in [0.25, 0.3) is 5.56 Å². The van der Waals surface area contributed by atoms with Gasteiger partial charge in [0, 0.05) is 5.25 Å². The van der Waals surface area contributed by atoms with Gasteiger partial charge in [-0.15, -0.1) is 0 Å². The molecule has 6 heteroatoms. The highest BCUT2D eigenvalue weighted by Crippen LogP contribution is 2.24. The molecule has 1 N–H and O–H groups in total. The van der Waals surface area contributed by atoms with Crippen molar-refractivity contribution in [2.24, 2.45) is 0 Å². The molecule has 0 saturated heterocycles. The van der Waals surface area contributed by atoms with Crippen molar-refractivity contribution in [3.05, 3.63) is 45.9 Å². The summed E-state index contributed by atoms with van der Waals surface area (Å²) in [4.78, 5) is 19.8. The Balaban J connectivity index is 2.19. The summed E-state index contributed by atoms with van der Waals surface area (Å²) in [5.74, 6) is 0. The van der Waals surface area contributed by atoms with Crippen molar-refractivity contribution < 1.29 is 0 Å². The first-order chi connectivity index (χ1) is 11.0. The van der Waals surface area contributed by atoms with Crippen LogP contribution in [0.25, 0.3) is 16.7 Å². The molecule has 0 aliphatic carbocycles. The molecule has 0 aliphatic rings. The van der Waals surface area contributed by atoms with E-state index in [1.807, 2.05) is 12.1 Å². The zero-order chi connectivity index (χ0) is 16.6. The Hall–Kier alpha value is -2.08. The summed E-state index contributed by atoms with van der Waals surface area (Å²) in [5, 5.41) is 5.95. The van der Waals surface area contributed by atoms with Gasteiger partial charge < -0.3 is 4.98 Å². The highest BCUT2D eigenvalue weighted by molar-refractivity contribution is 7.99. The lowest BCUT2D eigenvalue weighted by molar-refractivity contribution is 0.855. The van der Waals surface area contributed by atoms with E-state index in [1.54, 1.807) is 22.6 Å². The largest absolute Gasteiger partial charge is 0.301 e. The van der Waals surface area contributed by atoms with Crippen LogP contribution < -0.4 is 5.56 Å². The lowest BCUT2D eigenvalue weighted by Crippen LogP contribution is -2.11. The monoisotopic (exact) mass is 328 g/mol. The number of benzene rings is 1. The van der Waals surface area contributed by atoms with Crippen molar-refractivity contribution in [3.63, 3.8) is 0 Å². The molecule has 0 aliphatic heterocycles. The van der Waals surface area contributed by atoms with E-state index in [1.165, 1.54) is 5.56 Å². The molecule has 0 bridgehead atoms. The zero-order valence-corrected chi connectivity index (χ0v) is 14.6. The molecule has 23 heavy (non-hydrogen) atoms. The Bertz CT molecular complexity index is 913. The minimum Gasteiger partial charge on any atom is -0.301 e. The second-order valence-electron chi connectivity index (χ2n) is 5.72. The zero-order valence-electron chi connectivity index (χ0n) is 13.8. The number of nitrogens with one attached hydrogen (secondary N) is 1. The molecule has 5 nitrogen and oxygen atoms in total. The Morgan fingerprint density at radius 3 is 2.87 bits per heavy atom. The highest BCUT2D eigenvalue weighted by atomic mass is 32.2. The van der Waals surface area contributed by atoms with Crippen molar-refractivity contribution in [2.75, 3.05) is 0 Å². The van der Waals surface area contributed by atoms with E-state index in [9.17, 15) is 4.79 Å². The van der Waals surface area contributed by atoms with Gasteiger partial charge in [0.15, 0.2) is 10.8 Å². The third-order valence-electron chi connectivity index (χ3n) is 4.11. The van der Waals surface area contributed by atoms with Crippen LogP contribution in [0.4, 0.5) is 0 Å². The number of hydrogen-bond acceptors (Lipinski definition) is 4. The van der Waals surface area contributed by atoms with Crippen molar-refractivity contribution in [1.29, 1.82) is 0 Å². The summed E-state index contributed by atoms with van der Waals surface area (Å²) >= 11 is 1.58. The molecule has 0 fully saturated rings. The molecule has 2 aromatic heterocycles. The number of aromatic amines is 1. The maximum absolute atomic E-state index is 12.3. The van der Waals surface area contributed by atoms with Gasteiger partial charge in [-0.2, -0.15) is 5.10 Å². The van der Waals surface area contributed by atoms with Gasteiger partial charge in [-0.05, 0) is 37.5 Å². The summed E-state index contributed by atoms with van der Waals surface area (Å²) in [5.41, 5.74) is 3.74. The summed E-state index contributed by atoms with van der Waals surface area (Å²) in [7, 11) is 0. The van der Waals surface area contributed by atoms with E-state index < -0.39 is 0 Å². The maximum Gasteiger partial charge on any atom is 0.262 e. The molecule has 0 spiro atoms. The fourth-order valence-electron chi connectivity index (χ4n) is 2.37. The lowest BCUT2D eigenvalue weighted by atomic mass is 10.1. The molecule has 1 atom stereocenters. The van der Waals surface area contributed by atoms with Gasteiger partial charge >= 0.3 is 0 Å². The number of thioether (sulfide) groups is 1. The Morgan fingerprint density at radius 2 is 2.13 bits per heavy atom. The van der Waals surface area contributed by atoms with Crippen molar-refractivity contribution in [1.82, 2.24) is 19.7 Å². The molecule has 0 radical (unpaired) electrons. The van der Waals surface area contributed by atoms with E-state index >= 15 is 0 Å². The molecular weight excluding hydrogens is 308 g/mol. The van der Waals surface area contributed by atoms with Crippen LogP contribution in [-0.2, 0) is 0 Å². The third kappa shape index (κ3) is 2.91. The standard InChI is InChI=1S/C17H20N4OS/c1-5-11(3)23-17-19-15-13(16(22)20-17)9-18-21(15)14-8-6-7-10(2)12(14)4/h6-9,11H,5H2,1-4H3,(H,19,20,22). The van der Waals surface area contributed by atoms with E-state index in [0.717, 1.165) is 17.7 Å². The highest BCUT2D eigenvalue weighted by Gasteiger charge is 2.14. The third-order valence-corrected chi connectivity index (χ3v) is 5.26. The summed E-state index contributed by atoms with van der Waals surface area (Å²) < 4.78 is 1.76. The fourth-order valence-corrected chi connectivity index (χ4v) is 3.21. The summed E-state index contributed by atoms with van der Waals surface area (Å²) in [6, 6.07) is 6.06. The van der Waals surface area contributed by atoms with E-state index in [4.69, 9.17) is 0 Å². The van der Waals surface area contributed by atoms with Crippen LogP contribution in [0.15, 0.2) is 34.3 Å². The summed E-state index contributed by atoms with van der Waals surface area (Å²) in [6.45, 7) is 8.36. The number of H-pyrrole nitrogens is 1. The van der Waals surface area contributed by atoms with Crippen molar-refractivity contribution >= 4 is 22.8 Å². The Kier molecular flexibility index (Phi) is 4.26. The number of fused-ring (bicyclic) bond motifs is 1. The van der Waals surface area contributed by atoms with Gasteiger partial charge in [0.05, 0.1) is 11.9 Å². The average molecular weight is 328 g/mol. The van der Waals surface area contributed by atoms with E-state index in [0.29, 0.717) is 21.4 Å². The van der Waals surface area contributed by atoms with Gasteiger partial charge in [-0.1, -0.05) is 37.7 Å². The first kappa shape index (κ1) is 15.8. The van der Waals surface area contributed by atoms with Crippen LogP contribution in [0.3, 0.4) is 0 Å². The number of aryl methyl sites for hydroxylation is 1. The first-order valence-electron chi connectivity index (χ1n) is 7.72. The van der Waals surface area contributed by atoms with Crippen LogP contribution in [-0.4, -0.2) is 25.0 Å². The van der Waals surface area contributed by atoms with E-state index in [2.05, 4.69) is 48.8 Å². The average Bonchev–Trinajstić information content (AvgIpc) is 2.94. The van der Waals surface area contributed by atoms with Gasteiger partial charge in [-0.25, -0.2) is 9.67 Å². The molecule has 0 saturated carbocycles. The minimum atomic E-state index is -0.141. The number of aromatic nitrogens is 4. The molecule has 2 heterocycles. The van der Waals surface area contributed by atoms with Crippen LogP contribution in [0.2, 0.25) is 0 Å². The Labute approximate surface area is 139 Å². The van der Waals surface area contributed by atoms with Crippen LogP contribution in [0, 0.1) is 13.8 Å². The van der Waals surface area contributed by atoms with Crippen LogP contribution in [0.5, 0.6) is 0 Å². The predicted octanol–water partition coefficient (Wildman–Crippen LogP) is 3.62. The van der Waals surface area contributed by atoms with Crippen LogP contribution in [0.1, 0.15) is 31.4 Å². The topological polar surface area (TPSA) is 63.6 Å². The maximum atomic E-state index is 12.3. The molecule has 1 unspecified atom stereocenters. The number of nitrogens with zero attached hydrogens (tertiary/aromatic N) is 3. The summed E-state index contributed by atoms with van der Waals surface area (Å²) in [6.07, 6.45) is 2.60. The van der Waals surface area contributed by atoms with Crippen molar-refractivity contribution in [3.8, 4) is 5.69 Å². The second kappa shape index (κ2) is 6.20. The second-order valence-corrected chi connectivity index (χ2v) is 7.15. The number of rotatable bonds is 4. The quantitative estimate of drug-likeness (QED) is 0.587. The fraction of sp³-hybridized carbons (Fsp3) is 0.353.